The van der Waals surface area contributed by atoms with Crippen LogP contribution in [0.4, 0.5) is 24.5 Å². The first-order valence-corrected chi connectivity index (χ1v) is 11.2. The van der Waals surface area contributed by atoms with Crippen LogP contribution in [0.5, 0.6) is 0 Å². The quantitative estimate of drug-likeness (QED) is 0.193. The molecule has 0 aliphatic rings. The van der Waals surface area contributed by atoms with Crippen molar-refractivity contribution in [3.8, 4) is 12.2 Å². The fourth-order valence-electron chi connectivity index (χ4n) is 2.57. The van der Waals surface area contributed by atoms with Gasteiger partial charge in [-0.25, -0.2) is 0 Å². The van der Waals surface area contributed by atoms with Gasteiger partial charge in [0.15, 0.2) is 5.17 Å². The van der Waals surface area contributed by atoms with Gasteiger partial charge in [0, 0.05) is 26.4 Å². The third-order valence-corrected chi connectivity index (χ3v) is 5.27. The lowest BCUT2D eigenvalue weighted by molar-refractivity contribution is -0.137. The lowest BCUT2D eigenvalue weighted by Crippen LogP contribution is -2.16. The summed E-state index contributed by atoms with van der Waals surface area (Å²) in [7, 11) is 3.64. The van der Waals surface area contributed by atoms with E-state index in [0.29, 0.717) is 13.1 Å². The molecule has 0 unspecified atom stereocenters. The molecule has 184 valence electrons. The number of nitrogens with zero attached hydrogens (tertiary/aromatic N) is 2. The van der Waals surface area contributed by atoms with Gasteiger partial charge in [-0.3, -0.25) is 9.89 Å². The number of nitrogens with one attached hydrogen (secondary N) is 2. The molecule has 0 fully saturated rings. The highest BCUT2D eigenvalue weighted by molar-refractivity contribution is 8.13. The first-order chi connectivity index (χ1) is 16.2. The number of aryl methyl sites for hydroxylation is 1. The average Bonchev–Trinajstić information content (AvgIpc) is 2.81. The van der Waals surface area contributed by atoms with Crippen molar-refractivity contribution in [1.29, 1.82) is 0 Å². The number of aliphatic imine (C=N–C) groups is 1. The Kier molecular flexibility index (Phi) is 12.5. The SMILES string of the molecule is C=CNC(=NCCN)SCc1ccc(NC)c(N(C)C#CO)c1.Cc1ccc(C(F)(F)F)cc1. The number of halogens is 3. The predicted molar refractivity (Wildman–Crippen MR) is 136 cm³/mol. The second kappa shape index (κ2) is 14.8. The normalized spacial score (nSPS) is 10.9. The summed E-state index contributed by atoms with van der Waals surface area (Å²) in [6.45, 7) is 6.48. The van der Waals surface area contributed by atoms with Crippen LogP contribution in [-0.4, -0.2) is 37.5 Å². The number of hydrogen-bond donors (Lipinski definition) is 4. The average molecular weight is 494 g/mol. The summed E-state index contributed by atoms with van der Waals surface area (Å²) < 4.78 is 35.8. The molecule has 0 saturated heterocycles. The van der Waals surface area contributed by atoms with E-state index < -0.39 is 11.7 Å². The van der Waals surface area contributed by atoms with Crippen molar-refractivity contribution in [3.05, 3.63) is 71.9 Å². The molecule has 0 heterocycles. The number of hydrogen-bond acceptors (Lipinski definition) is 6. The molecule has 10 heteroatoms. The molecule has 2 aromatic carbocycles. The number of nitrogens with two attached hydrogens (primary N) is 1. The maximum absolute atomic E-state index is 11.9. The van der Waals surface area contributed by atoms with Crippen LogP contribution in [0.25, 0.3) is 0 Å². The predicted octanol–water partition coefficient (Wildman–Crippen LogP) is 4.75. The van der Waals surface area contributed by atoms with Crippen molar-refractivity contribution in [3.63, 3.8) is 0 Å². The van der Waals surface area contributed by atoms with Crippen LogP contribution in [0.1, 0.15) is 16.7 Å². The summed E-state index contributed by atoms with van der Waals surface area (Å²) in [5, 5.41) is 15.7. The van der Waals surface area contributed by atoms with Crippen molar-refractivity contribution in [2.75, 3.05) is 37.4 Å². The zero-order chi connectivity index (χ0) is 25.6. The van der Waals surface area contributed by atoms with Crippen LogP contribution in [-0.2, 0) is 11.9 Å². The Hall–Kier alpha value is -3.29. The van der Waals surface area contributed by atoms with Crippen molar-refractivity contribution < 1.29 is 18.3 Å². The lowest BCUT2D eigenvalue weighted by Gasteiger charge is -2.17. The van der Waals surface area contributed by atoms with E-state index in [0.717, 1.165) is 45.6 Å². The maximum Gasteiger partial charge on any atom is 0.416 e. The third kappa shape index (κ3) is 10.1. The largest absolute Gasteiger partial charge is 0.461 e. The van der Waals surface area contributed by atoms with Gasteiger partial charge in [-0.15, -0.1) is 0 Å². The first kappa shape index (κ1) is 28.7. The molecule has 0 atom stereocenters. The van der Waals surface area contributed by atoms with Gasteiger partial charge in [-0.1, -0.05) is 42.1 Å². The number of aliphatic hydroxyl groups excluding tert-OH is 1. The van der Waals surface area contributed by atoms with Gasteiger partial charge in [-0.05, 0) is 43.0 Å². The molecule has 0 radical (unpaired) electrons. The van der Waals surface area contributed by atoms with Gasteiger partial charge in [-0.2, -0.15) is 13.2 Å². The highest BCUT2D eigenvalue weighted by Gasteiger charge is 2.29. The van der Waals surface area contributed by atoms with E-state index in [1.807, 2.05) is 31.4 Å². The molecule has 5 N–H and O–H groups in total. The highest BCUT2D eigenvalue weighted by Crippen LogP contribution is 2.29. The summed E-state index contributed by atoms with van der Waals surface area (Å²) in [6, 6.07) is 13.7. The van der Waals surface area contributed by atoms with Gasteiger partial charge in [0.05, 0.1) is 29.5 Å². The van der Waals surface area contributed by atoms with Crippen molar-refractivity contribution in [2.24, 2.45) is 10.7 Å². The Morgan fingerprint density at radius 1 is 1.26 bits per heavy atom. The summed E-state index contributed by atoms with van der Waals surface area (Å²) in [5.74, 6) is 0.738. The highest BCUT2D eigenvalue weighted by atomic mass is 32.2. The van der Waals surface area contributed by atoms with E-state index in [4.69, 9.17) is 10.8 Å². The summed E-state index contributed by atoms with van der Waals surface area (Å²) in [4.78, 5) is 6.03. The van der Waals surface area contributed by atoms with E-state index in [1.165, 1.54) is 12.1 Å². The number of amidine groups is 1. The number of thioether (sulfide) groups is 1. The molecule has 0 aliphatic carbocycles. The standard InChI is InChI=1S/C16H23N5OS.C8H7F3/c1-4-19-16(20-8-7-17)23-12-13-5-6-14(18-2)15(11-13)21(3)9-10-22;1-6-2-4-7(5-3-6)8(9,10)11/h4-6,11,18,22H,1,7-8,12,17H2,2-3H3,(H,19,20);2-5H,1H3. The monoisotopic (exact) mass is 493 g/mol. The molecule has 0 amide bonds. The van der Waals surface area contributed by atoms with Crippen LogP contribution >= 0.6 is 11.8 Å². The van der Waals surface area contributed by atoms with Gasteiger partial charge in [0.1, 0.15) is 6.11 Å². The lowest BCUT2D eigenvalue weighted by atomic mass is 10.1. The molecule has 0 bridgehead atoms. The van der Waals surface area contributed by atoms with E-state index >= 15 is 0 Å². The maximum atomic E-state index is 11.9. The van der Waals surface area contributed by atoms with Crippen LogP contribution in [0.3, 0.4) is 0 Å². The van der Waals surface area contributed by atoms with E-state index in [-0.39, 0.29) is 0 Å². The minimum atomic E-state index is -4.21. The summed E-state index contributed by atoms with van der Waals surface area (Å²) in [5.41, 5.74) is 8.66. The van der Waals surface area contributed by atoms with Gasteiger partial charge >= 0.3 is 6.18 Å². The number of aliphatic hydroxyl groups is 1. The number of alkyl halides is 3. The van der Waals surface area contributed by atoms with Gasteiger partial charge in [0.2, 0.25) is 0 Å². The zero-order valence-corrected chi connectivity index (χ0v) is 20.2. The van der Waals surface area contributed by atoms with E-state index in [2.05, 4.69) is 28.2 Å². The fraction of sp³-hybridized carbons (Fsp3) is 0.292. The Morgan fingerprint density at radius 2 is 1.94 bits per heavy atom. The summed E-state index contributed by atoms with van der Waals surface area (Å²) >= 11 is 1.57. The molecule has 6 nitrogen and oxygen atoms in total. The molecule has 34 heavy (non-hydrogen) atoms. The summed E-state index contributed by atoms with van der Waals surface area (Å²) in [6.07, 6.45) is -0.697. The minimum absolute atomic E-state index is 0.508. The van der Waals surface area contributed by atoms with Crippen molar-refractivity contribution >= 4 is 28.3 Å². The zero-order valence-electron chi connectivity index (χ0n) is 19.4. The molecular weight excluding hydrogens is 463 g/mol. The number of rotatable bonds is 7. The second-order valence-electron chi connectivity index (χ2n) is 6.86. The molecule has 0 aliphatic heterocycles. The molecule has 2 aromatic rings. The van der Waals surface area contributed by atoms with Crippen LogP contribution in [0, 0.1) is 19.1 Å². The van der Waals surface area contributed by atoms with E-state index in [9.17, 15) is 13.2 Å². The van der Waals surface area contributed by atoms with Gasteiger partial charge in [0.25, 0.3) is 0 Å². The van der Waals surface area contributed by atoms with Crippen LogP contribution in [0.15, 0.2) is 60.2 Å². The molecule has 0 saturated carbocycles. The van der Waals surface area contributed by atoms with Crippen LogP contribution < -0.4 is 21.3 Å². The van der Waals surface area contributed by atoms with E-state index in [1.54, 1.807) is 36.8 Å². The minimum Gasteiger partial charge on any atom is -0.461 e. The Balaban J connectivity index is 0.000000437. The van der Waals surface area contributed by atoms with Gasteiger partial charge < -0.3 is 21.5 Å². The molecular formula is C24H30F3N5OS. The molecule has 2 rings (SSSR count). The fourth-order valence-corrected chi connectivity index (χ4v) is 3.40. The third-order valence-electron chi connectivity index (χ3n) is 4.28. The number of anilines is 2. The Labute approximate surface area is 203 Å². The number of benzene rings is 2. The second-order valence-corrected chi connectivity index (χ2v) is 7.82. The molecule has 0 aromatic heterocycles. The topological polar surface area (TPSA) is 85.9 Å². The first-order valence-electron chi connectivity index (χ1n) is 10.2. The van der Waals surface area contributed by atoms with Crippen molar-refractivity contribution in [2.45, 2.75) is 18.9 Å². The Morgan fingerprint density at radius 3 is 2.47 bits per heavy atom. The van der Waals surface area contributed by atoms with Crippen molar-refractivity contribution in [1.82, 2.24) is 5.32 Å². The van der Waals surface area contributed by atoms with Crippen LogP contribution in [0.2, 0.25) is 0 Å². The molecule has 0 spiro atoms. The smallest absolute Gasteiger partial charge is 0.416 e. The Bertz CT molecular complexity index is 998.